The van der Waals surface area contributed by atoms with Gasteiger partial charge in [-0.3, -0.25) is 0 Å². The number of aromatic nitrogens is 3. The molecule has 0 fully saturated rings. The van der Waals surface area contributed by atoms with Crippen LogP contribution in [0.4, 0.5) is 13.3 Å². The predicted molar refractivity (Wildman–Crippen MR) is 106 cm³/mol. The summed E-state index contributed by atoms with van der Waals surface area (Å²) in [6.45, 7) is 2.67. The van der Waals surface area contributed by atoms with Crippen LogP contribution in [0.1, 0.15) is 19.5 Å². The van der Waals surface area contributed by atoms with Gasteiger partial charge in [-0.1, -0.05) is 0 Å². The fourth-order valence-electron chi connectivity index (χ4n) is 3.05. The number of hydrogen-bond acceptors (Lipinski definition) is 7. The highest BCUT2D eigenvalue weighted by atomic mass is 32.2. The van der Waals surface area contributed by atoms with Crippen molar-refractivity contribution in [3.8, 4) is 11.1 Å². The van der Waals surface area contributed by atoms with E-state index in [2.05, 4.69) is 19.9 Å². The molecule has 3 rings (SSSR count). The average molecular weight is 472 g/mol. The van der Waals surface area contributed by atoms with Crippen LogP contribution in [0.25, 0.3) is 22.2 Å². The molecular formula is C19H19F3N4O5S. The van der Waals surface area contributed by atoms with E-state index in [1.54, 1.807) is 6.07 Å². The molecule has 0 aliphatic rings. The predicted octanol–water partition coefficient (Wildman–Crippen LogP) is 2.72. The number of pyridine rings is 2. The van der Waals surface area contributed by atoms with Gasteiger partial charge in [0, 0.05) is 40.1 Å². The van der Waals surface area contributed by atoms with E-state index in [1.807, 2.05) is 13.0 Å². The van der Waals surface area contributed by atoms with Gasteiger partial charge >= 0.3 is 12.0 Å². The molecular weight excluding hydrogens is 453 g/mol. The Bertz CT molecular complexity index is 1250. The molecule has 0 unspecified atom stereocenters. The standard InChI is InChI=1S/C19H19F3N4O5S/c1-11-8-14-13(6-7-23-16(14)25-11)12-4-5-15(24-9-12)32(29,30)26(10-18(2,3)28)19(20,21)17(27)31-22/h4-9,28H,10H2,1-3H3,(H,23,25). The van der Waals surface area contributed by atoms with E-state index in [4.69, 9.17) is 0 Å². The van der Waals surface area contributed by atoms with Crippen molar-refractivity contribution in [2.45, 2.75) is 37.4 Å². The van der Waals surface area contributed by atoms with E-state index in [1.165, 1.54) is 12.3 Å². The van der Waals surface area contributed by atoms with Crippen molar-refractivity contribution >= 4 is 27.0 Å². The van der Waals surface area contributed by atoms with Crippen LogP contribution in [0.5, 0.6) is 0 Å². The maximum Gasteiger partial charge on any atom is 0.435 e. The number of aryl methyl sites for hydroxylation is 1. The lowest BCUT2D eigenvalue weighted by atomic mass is 10.1. The zero-order chi connectivity index (χ0) is 23.9. The Morgan fingerprint density at radius 3 is 2.50 bits per heavy atom. The van der Waals surface area contributed by atoms with Crippen molar-refractivity contribution < 1.29 is 36.6 Å². The number of aromatic amines is 1. The number of H-pyrrole nitrogens is 1. The molecule has 0 saturated heterocycles. The molecule has 0 amide bonds. The number of halogens is 3. The summed E-state index contributed by atoms with van der Waals surface area (Å²) in [5.41, 5.74) is 0.575. The van der Waals surface area contributed by atoms with Crippen molar-refractivity contribution in [2.75, 3.05) is 6.54 Å². The Morgan fingerprint density at radius 2 is 1.94 bits per heavy atom. The first-order valence-corrected chi connectivity index (χ1v) is 10.6. The molecule has 0 aliphatic carbocycles. The van der Waals surface area contributed by atoms with Crippen LogP contribution in [-0.2, 0) is 19.8 Å². The van der Waals surface area contributed by atoms with Crippen LogP contribution < -0.4 is 0 Å². The molecule has 0 spiro atoms. The van der Waals surface area contributed by atoms with E-state index >= 15 is 0 Å². The number of sulfonamides is 1. The van der Waals surface area contributed by atoms with E-state index in [0.29, 0.717) is 16.8 Å². The zero-order valence-corrected chi connectivity index (χ0v) is 18.0. The van der Waals surface area contributed by atoms with Gasteiger partial charge in [0.15, 0.2) is 5.03 Å². The molecule has 13 heteroatoms. The number of hydrogen-bond donors (Lipinski definition) is 2. The normalized spacial score (nSPS) is 13.0. The van der Waals surface area contributed by atoms with Gasteiger partial charge in [-0.15, -0.1) is 4.31 Å². The maximum atomic E-state index is 14.4. The summed E-state index contributed by atoms with van der Waals surface area (Å²) >= 11 is 0. The molecule has 3 heterocycles. The van der Waals surface area contributed by atoms with E-state index in [9.17, 15) is 31.6 Å². The second kappa shape index (κ2) is 8.15. The van der Waals surface area contributed by atoms with Crippen LogP contribution in [-0.4, -0.2) is 56.9 Å². The number of carbonyl (C=O) groups excluding carboxylic acids is 1. The fourth-order valence-corrected chi connectivity index (χ4v) is 4.56. The first-order valence-electron chi connectivity index (χ1n) is 9.14. The van der Waals surface area contributed by atoms with Crippen LogP contribution in [0.2, 0.25) is 0 Å². The summed E-state index contributed by atoms with van der Waals surface area (Å²) in [5, 5.41) is 9.80. The smallest absolute Gasteiger partial charge is 0.389 e. The van der Waals surface area contributed by atoms with Crippen molar-refractivity contribution in [1.29, 1.82) is 0 Å². The van der Waals surface area contributed by atoms with E-state index in [0.717, 1.165) is 37.2 Å². The number of alkyl halides is 2. The van der Waals surface area contributed by atoms with Crippen molar-refractivity contribution in [1.82, 2.24) is 19.3 Å². The lowest BCUT2D eigenvalue weighted by molar-refractivity contribution is -0.229. The Labute approximate surface area is 180 Å². The van der Waals surface area contributed by atoms with Gasteiger partial charge in [0.25, 0.3) is 10.0 Å². The number of nitrogens with zero attached hydrogens (tertiary/aromatic N) is 3. The lowest BCUT2D eigenvalue weighted by Gasteiger charge is -2.31. The van der Waals surface area contributed by atoms with Crippen LogP contribution >= 0.6 is 0 Å². The molecule has 0 radical (unpaired) electrons. The molecule has 0 atom stereocenters. The average Bonchev–Trinajstić information content (AvgIpc) is 3.10. The molecule has 2 N–H and O–H groups in total. The Hall–Kier alpha value is -3.03. The summed E-state index contributed by atoms with van der Waals surface area (Å²) in [6.07, 6.45) is 2.68. The van der Waals surface area contributed by atoms with Crippen LogP contribution in [0.15, 0.2) is 41.7 Å². The highest BCUT2D eigenvalue weighted by Crippen LogP contribution is 2.32. The summed E-state index contributed by atoms with van der Waals surface area (Å²) in [7, 11) is -5.16. The van der Waals surface area contributed by atoms with Gasteiger partial charge in [0.05, 0.1) is 5.60 Å². The SMILES string of the molecule is Cc1cc2c(-c3ccc(S(=O)(=O)N(CC(C)(C)O)C(F)(F)C(=O)OF)nc3)ccnc2[nH]1. The number of nitrogens with one attached hydrogen (secondary N) is 1. The minimum atomic E-state index is -5.16. The topological polar surface area (TPSA) is 125 Å². The number of rotatable bonds is 7. The van der Waals surface area contributed by atoms with Crippen molar-refractivity contribution in [3.05, 3.63) is 42.4 Å². The van der Waals surface area contributed by atoms with E-state index in [-0.39, 0.29) is 0 Å². The lowest BCUT2D eigenvalue weighted by Crippen LogP contribution is -2.55. The zero-order valence-electron chi connectivity index (χ0n) is 17.1. The van der Waals surface area contributed by atoms with Gasteiger partial charge in [0.1, 0.15) is 5.65 Å². The van der Waals surface area contributed by atoms with Crippen LogP contribution in [0.3, 0.4) is 0 Å². The molecule has 9 nitrogen and oxygen atoms in total. The third-order valence-corrected chi connectivity index (χ3v) is 6.14. The van der Waals surface area contributed by atoms with Gasteiger partial charge in [-0.25, -0.2) is 28.1 Å². The third-order valence-electron chi connectivity index (χ3n) is 4.43. The molecule has 3 aromatic heterocycles. The number of carbonyl (C=O) groups is 1. The Kier molecular flexibility index (Phi) is 6.02. The summed E-state index contributed by atoms with van der Waals surface area (Å²) in [4.78, 5) is 24.8. The maximum absolute atomic E-state index is 14.4. The Morgan fingerprint density at radius 1 is 1.25 bits per heavy atom. The molecule has 0 aromatic carbocycles. The highest BCUT2D eigenvalue weighted by Gasteiger charge is 2.56. The third kappa shape index (κ3) is 4.45. The quantitative estimate of drug-likeness (QED) is 0.507. The second-order valence-corrected chi connectivity index (χ2v) is 9.50. The van der Waals surface area contributed by atoms with Gasteiger partial charge in [-0.2, -0.15) is 8.78 Å². The minimum Gasteiger partial charge on any atom is -0.389 e. The van der Waals surface area contributed by atoms with Gasteiger partial charge in [-0.05, 0) is 50.6 Å². The molecule has 172 valence electrons. The highest BCUT2D eigenvalue weighted by molar-refractivity contribution is 7.89. The molecule has 32 heavy (non-hydrogen) atoms. The fraction of sp³-hybridized carbons (Fsp3) is 0.316. The first-order chi connectivity index (χ1) is 14.8. The van der Waals surface area contributed by atoms with E-state index < -0.39 is 43.5 Å². The summed E-state index contributed by atoms with van der Waals surface area (Å²) in [5.74, 6) is -2.75. The second-order valence-electron chi connectivity index (χ2n) is 7.69. The summed E-state index contributed by atoms with van der Waals surface area (Å²) in [6, 6.07) is 0.868. The number of aliphatic hydroxyl groups is 1. The van der Waals surface area contributed by atoms with Gasteiger partial charge in [0.2, 0.25) is 0 Å². The largest absolute Gasteiger partial charge is 0.435 e. The molecule has 3 aromatic rings. The molecule has 0 bridgehead atoms. The molecule has 0 aliphatic heterocycles. The first kappa shape index (κ1) is 23.6. The molecule has 0 saturated carbocycles. The monoisotopic (exact) mass is 472 g/mol. The van der Waals surface area contributed by atoms with Gasteiger partial charge < -0.3 is 10.1 Å². The van der Waals surface area contributed by atoms with Crippen molar-refractivity contribution in [3.63, 3.8) is 0 Å². The minimum absolute atomic E-state index is 0.472. The van der Waals surface area contributed by atoms with Crippen LogP contribution in [0, 0.1) is 6.92 Å². The van der Waals surface area contributed by atoms with Crippen molar-refractivity contribution in [2.24, 2.45) is 0 Å². The number of fused-ring (bicyclic) bond motifs is 1. The Balaban J connectivity index is 2.05. The summed E-state index contributed by atoms with van der Waals surface area (Å²) < 4.78 is 66.1.